The highest BCUT2D eigenvalue weighted by Gasteiger charge is 2.43. The number of rotatable bonds is 8. The molecular formula is C22H19ClN3O7S-. The second kappa shape index (κ2) is 10.2. The van der Waals surface area contributed by atoms with Gasteiger partial charge in [0.05, 0.1) is 23.0 Å². The summed E-state index contributed by atoms with van der Waals surface area (Å²) in [6.07, 6.45) is 1.18. The minimum absolute atomic E-state index is 0.0525. The molecule has 1 fully saturated rings. The molecule has 1 atom stereocenters. The van der Waals surface area contributed by atoms with Crippen LogP contribution in [0.25, 0.3) is 0 Å². The molecule has 2 aromatic rings. The number of sulfonamides is 1. The van der Waals surface area contributed by atoms with Crippen LogP contribution in [0.1, 0.15) is 12.0 Å². The number of imide groups is 1. The van der Waals surface area contributed by atoms with Crippen LogP contribution in [0.5, 0.6) is 0 Å². The minimum atomic E-state index is -3.87. The fourth-order valence-corrected chi connectivity index (χ4v) is 4.11. The number of hydrogen-bond acceptors (Lipinski definition) is 7. The number of amides is 3. The Morgan fingerprint density at radius 3 is 2.26 bits per heavy atom. The number of nitrogens with zero attached hydrogens (tertiary/aromatic N) is 2. The van der Waals surface area contributed by atoms with Crippen molar-refractivity contribution in [2.24, 2.45) is 5.14 Å². The molecule has 1 heterocycles. The summed E-state index contributed by atoms with van der Waals surface area (Å²) in [4.78, 5) is 51.2. The SMILES string of the molecule is NS(=O)(=O)c1ccc(CCN(C(=O)C=CC(=O)[O-])C2CC(=O)N(c3ccc(Cl)cc3)C2=O)cc1. The lowest BCUT2D eigenvalue weighted by Gasteiger charge is -2.26. The third kappa shape index (κ3) is 5.87. The van der Waals surface area contributed by atoms with Gasteiger partial charge in [-0.25, -0.2) is 18.5 Å². The maximum atomic E-state index is 13.1. The molecule has 10 nitrogen and oxygen atoms in total. The fraction of sp³-hybridized carbons (Fsp3) is 0.182. The number of halogens is 1. The Morgan fingerprint density at radius 1 is 1.09 bits per heavy atom. The Labute approximate surface area is 200 Å². The van der Waals surface area contributed by atoms with E-state index >= 15 is 0 Å². The van der Waals surface area contributed by atoms with E-state index in [0.717, 1.165) is 15.9 Å². The van der Waals surface area contributed by atoms with E-state index in [1.807, 2.05) is 0 Å². The van der Waals surface area contributed by atoms with E-state index in [4.69, 9.17) is 16.7 Å². The summed E-state index contributed by atoms with van der Waals surface area (Å²) >= 11 is 5.86. The number of benzene rings is 2. The van der Waals surface area contributed by atoms with Gasteiger partial charge < -0.3 is 14.8 Å². The Kier molecular flexibility index (Phi) is 7.50. The lowest BCUT2D eigenvalue weighted by molar-refractivity contribution is -0.297. The van der Waals surface area contributed by atoms with E-state index in [0.29, 0.717) is 16.7 Å². The van der Waals surface area contributed by atoms with Crippen LogP contribution in [-0.4, -0.2) is 49.6 Å². The van der Waals surface area contributed by atoms with Crippen molar-refractivity contribution in [3.63, 3.8) is 0 Å². The zero-order chi connectivity index (χ0) is 25.0. The molecule has 3 amide bonds. The summed E-state index contributed by atoms with van der Waals surface area (Å²) < 4.78 is 22.8. The standard InChI is InChI=1S/C22H20ClN3O7S/c23-15-3-5-16(6-4-15)26-20(28)13-18(22(26)31)25(19(27)9-10-21(29)30)12-11-14-1-7-17(8-2-14)34(24,32)33/h1-10,18H,11-13H2,(H,29,30)(H2,24,32,33)/p-1. The molecular weight excluding hydrogens is 486 g/mol. The maximum absolute atomic E-state index is 13.1. The van der Waals surface area contributed by atoms with Gasteiger partial charge in [-0.05, 0) is 54.5 Å². The average molecular weight is 505 g/mol. The number of carboxylic acids is 1. The molecule has 2 aromatic carbocycles. The van der Waals surface area contributed by atoms with Gasteiger partial charge in [-0.2, -0.15) is 0 Å². The molecule has 0 saturated carbocycles. The van der Waals surface area contributed by atoms with Crippen molar-refractivity contribution in [2.75, 3.05) is 11.4 Å². The highest BCUT2D eigenvalue weighted by atomic mass is 35.5. The number of anilines is 1. The molecule has 0 aliphatic carbocycles. The summed E-state index contributed by atoms with van der Waals surface area (Å²) in [5, 5.41) is 16.3. The molecule has 2 N–H and O–H groups in total. The first kappa shape index (κ1) is 25.1. The number of hydrogen-bond donors (Lipinski definition) is 1. The largest absolute Gasteiger partial charge is 0.545 e. The fourth-order valence-electron chi connectivity index (χ4n) is 3.47. The third-order valence-corrected chi connectivity index (χ3v) is 6.30. The lowest BCUT2D eigenvalue weighted by atomic mass is 10.1. The molecule has 0 radical (unpaired) electrons. The first-order valence-electron chi connectivity index (χ1n) is 9.91. The molecule has 3 rings (SSSR count). The van der Waals surface area contributed by atoms with Crippen LogP contribution < -0.4 is 15.1 Å². The molecule has 0 aromatic heterocycles. The van der Waals surface area contributed by atoms with Crippen molar-refractivity contribution < 1.29 is 32.7 Å². The zero-order valence-electron chi connectivity index (χ0n) is 17.6. The topological polar surface area (TPSA) is 158 Å². The van der Waals surface area contributed by atoms with Gasteiger partial charge in [0.25, 0.3) is 5.91 Å². The lowest BCUT2D eigenvalue weighted by Crippen LogP contribution is -2.46. The quantitative estimate of drug-likeness (QED) is 0.391. The number of carbonyl (C=O) groups excluding carboxylic acids is 4. The summed E-state index contributed by atoms with van der Waals surface area (Å²) in [7, 11) is -3.87. The molecule has 1 saturated heterocycles. The summed E-state index contributed by atoms with van der Waals surface area (Å²) in [6, 6.07) is 10.5. The average Bonchev–Trinajstić information content (AvgIpc) is 3.06. The van der Waals surface area contributed by atoms with E-state index in [1.54, 1.807) is 0 Å². The predicted molar refractivity (Wildman–Crippen MR) is 120 cm³/mol. The van der Waals surface area contributed by atoms with E-state index in [-0.39, 0.29) is 30.0 Å². The molecule has 0 spiro atoms. The number of primary sulfonamides is 1. The molecule has 0 bridgehead atoms. The van der Waals surface area contributed by atoms with Gasteiger partial charge in [0.2, 0.25) is 21.8 Å². The smallest absolute Gasteiger partial charge is 0.257 e. The van der Waals surface area contributed by atoms with Crippen molar-refractivity contribution >= 4 is 51.0 Å². The van der Waals surface area contributed by atoms with Gasteiger partial charge >= 0.3 is 0 Å². The van der Waals surface area contributed by atoms with Gasteiger partial charge in [0, 0.05) is 17.6 Å². The summed E-state index contributed by atoms with van der Waals surface area (Å²) in [5.74, 6) is -3.57. The first-order valence-corrected chi connectivity index (χ1v) is 11.8. The maximum Gasteiger partial charge on any atom is 0.257 e. The van der Waals surface area contributed by atoms with Crippen molar-refractivity contribution in [2.45, 2.75) is 23.8 Å². The van der Waals surface area contributed by atoms with Crippen LogP contribution in [0.4, 0.5) is 5.69 Å². The third-order valence-electron chi connectivity index (χ3n) is 5.12. The minimum Gasteiger partial charge on any atom is -0.545 e. The Balaban J connectivity index is 1.84. The van der Waals surface area contributed by atoms with E-state index in [9.17, 15) is 32.7 Å². The van der Waals surface area contributed by atoms with Gasteiger partial charge in [0.15, 0.2) is 0 Å². The van der Waals surface area contributed by atoms with Crippen molar-refractivity contribution in [3.05, 3.63) is 71.3 Å². The summed E-state index contributed by atoms with van der Waals surface area (Å²) in [6.45, 7) is -0.0525. The molecule has 12 heteroatoms. The first-order chi connectivity index (χ1) is 16.0. The van der Waals surface area contributed by atoms with Gasteiger partial charge in [-0.1, -0.05) is 23.7 Å². The van der Waals surface area contributed by atoms with Crippen molar-refractivity contribution in [1.82, 2.24) is 4.90 Å². The highest BCUT2D eigenvalue weighted by Crippen LogP contribution is 2.27. The van der Waals surface area contributed by atoms with Crippen LogP contribution in [-0.2, 0) is 35.6 Å². The second-order valence-corrected chi connectivity index (χ2v) is 9.38. The second-order valence-electron chi connectivity index (χ2n) is 7.39. The molecule has 1 aliphatic heterocycles. The Bertz CT molecular complexity index is 1260. The molecule has 178 valence electrons. The Morgan fingerprint density at radius 2 is 1.71 bits per heavy atom. The van der Waals surface area contributed by atoms with E-state index < -0.39 is 39.8 Å². The van der Waals surface area contributed by atoms with E-state index in [1.165, 1.54) is 48.5 Å². The van der Waals surface area contributed by atoms with Crippen molar-refractivity contribution in [3.8, 4) is 0 Å². The van der Waals surface area contributed by atoms with Crippen LogP contribution in [0.2, 0.25) is 5.02 Å². The molecule has 1 aliphatic rings. The van der Waals surface area contributed by atoms with Crippen LogP contribution in [0.15, 0.2) is 65.6 Å². The number of carbonyl (C=O) groups is 4. The van der Waals surface area contributed by atoms with Gasteiger partial charge in [-0.3, -0.25) is 14.4 Å². The van der Waals surface area contributed by atoms with Crippen LogP contribution in [0, 0.1) is 0 Å². The highest BCUT2D eigenvalue weighted by molar-refractivity contribution is 7.89. The molecule has 34 heavy (non-hydrogen) atoms. The van der Waals surface area contributed by atoms with Crippen LogP contribution in [0.3, 0.4) is 0 Å². The monoisotopic (exact) mass is 504 g/mol. The predicted octanol–water partition coefficient (Wildman–Crippen LogP) is -0.00330. The normalized spacial score (nSPS) is 16.3. The van der Waals surface area contributed by atoms with Gasteiger partial charge in [0.1, 0.15) is 6.04 Å². The zero-order valence-corrected chi connectivity index (χ0v) is 19.2. The van der Waals surface area contributed by atoms with Crippen molar-refractivity contribution in [1.29, 1.82) is 0 Å². The summed E-state index contributed by atoms with van der Waals surface area (Å²) in [5.41, 5.74) is 0.915. The number of carboxylic acid groups (broad SMARTS) is 1. The molecule has 1 unspecified atom stereocenters. The Hall–Kier alpha value is -3.54. The van der Waals surface area contributed by atoms with Gasteiger partial charge in [-0.15, -0.1) is 0 Å². The number of nitrogens with two attached hydrogens (primary N) is 1. The number of aliphatic carboxylic acids is 1. The van der Waals surface area contributed by atoms with Crippen LogP contribution >= 0.6 is 11.6 Å². The van der Waals surface area contributed by atoms with E-state index in [2.05, 4.69) is 0 Å².